The van der Waals surface area contributed by atoms with Crippen LogP contribution in [-0.4, -0.2) is 74.0 Å². The molecule has 1 N–H and O–H groups in total. The molecule has 4 nitrogen and oxygen atoms in total. The van der Waals surface area contributed by atoms with E-state index in [1.54, 1.807) is 0 Å². The van der Waals surface area contributed by atoms with Crippen molar-refractivity contribution in [1.29, 1.82) is 0 Å². The molecule has 1 heterocycles. The first-order valence-electron chi connectivity index (χ1n) is 6.35. The number of ether oxygens (including phenoxy) is 1. The third-order valence-electron chi connectivity index (χ3n) is 3.05. The fourth-order valence-corrected chi connectivity index (χ4v) is 1.91. The Bertz CT molecular complexity index is 170. The van der Waals surface area contributed by atoms with Gasteiger partial charge in [-0.3, -0.25) is 4.90 Å². The standard InChI is InChI=1S/C12H26N2O2/c1-12(15)4-7-13(2)5-3-6-14-8-10-16-11-9-14/h12,15H,3-11H2,1-2H3. The van der Waals surface area contributed by atoms with E-state index in [9.17, 15) is 5.11 Å². The predicted molar refractivity (Wildman–Crippen MR) is 65.7 cm³/mol. The van der Waals surface area contributed by atoms with Gasteiger partial charge in [-0.2, -0.15) is 0 Å². The fourth-order valence-electron chi connectivity index (χ4n) is 1.91. The topological polar surface area (TPSA) is 35.9 Å². The van der Waals surface area contributed by atoms with E-state index in [2.05, 4.69) is 16.8 Å². The van der Waals surface area contributed by atoms with E-state index in [0.717, 1.165) is 45.8 Å². The lowest BCUT2D eigenvalue weighted by Gasteiger charge is -2.27. The summed E-state index contributed by atoms with van der Waals surface area (Å²) in [6.07, 6.45) is 1.89. The first-order chi connectivity index (χ1) is 7.68. The van der Waals surface area contributed by atoms with Gasteiger partial charge in [0.15, 0.2) is 0 Å². The van der Waals surface area contributed by atoms with Gasteiger partial charge in [-0.15, -0.1) is 0 Å². The Morgan fingerprint density at radius 2 is 2.00 bits per heavy atom. The molecule has 0 aromatic heterocycles. The maximum atomic E-state index is 9.18. The van der Waals surface area contributed by atoms with Gasteiger partial charge in [0.05, 0.1) is 19.3 Å². The van der Waals surface area contributed by atoms with Crippen molar-refractivity contribution in [3.63, 3.8) is 0 Å². The van der Waals surface area contributed by atoms with Gasteiger partial charge in [0.2, 0.25) is 0 Å². The molecule has 0 aromatic rings. The Morgan fingerprint density at radius 3 is 2.62 bits per heavy atom. The van der Waals surface area contributed by atoms with Crippen molar-refractivity contribution in [1.82, 2.24) is 9.80 Å². The molecule has 1 unspecified atom stereocenters. The molecule has 4 heteroatoms. The average molecular weight is 230 g/mol. The lowest BCUT2D eigenvalue weighted by Crippen LogP contribution is -2.38. The Morgan fingerprint density at radius 1 is 1.31 bits per heavy atom. The first kappa shape index (κ1) is 13.9. The summed E-state index contributed by atoms with van der Waals surface area (Å²) in [5, 5.41) is 9.18. The van der Waals surface area contributed by atoms with Crippen LogP contribution >= 0.6 is 0 Å². The quantitative estimate of drug-likeness (QED) is 0.687. The summed E-state index contributed by atoms with van der Waals surface area (Å²) in [6, 6.07) is 0. The van der Waals surface area contributed by atoms with E-state index in [1.807, 2.05) is 6.92 Å². The molecule has 0 aliphatic carbocycles. The van der Waals surface area contributed by atoms with Crippen LogP contribution in [0, 0.1) is 0 Å². The lowest BCUT2D eigenvalue weighted by molar-refractivity contribution is 0.0362. The first-order valence-corrected chi connectivity index (χ1v) is 6.35. The molecule has 1 aliphatic heterocycles. The molecule has 0 amide bonds. The highest BCUT2D eigenvalue weighted by Crippen LogP contribution is 2.00. The third-order valence-corrected chi connectivity index (χ3v) is 3.05. The highest BCUT2D eigenvalue weighted by molar-refractivity contribution is 4.63. The summed E-state index contributed by atoms with van der Waals surface area (Å²) in [6.45, 7) is 9.05. The maximum absolute atomic E-state index is 9.18. The van der Waals surface area contributed by atoms with Crippen molar-refractivity contribution < 1.29 is 9.84 Å². The van der Waals surface area contributed by atoms with E-state index in [1.165, 1.54) is 13.0 Å². The van der Waals surface area contributed by atoms with Crippen molar-refractivity contribution in [2.75, 3.05) is 53.0 Å². The fraction of sp³-hybridized carbons (Fsp3) is 1.00. The van der Waals surface area contributed by atoms with Crippen molar-refractivity contribution >= 4 is 0 Å². The number of rotatable bonds is 7. The van der Waals surface area contributed by atoms with Gasteiger partial charge in [0.25, 0.3) is 0 Å². The van der Waals surface area contributed by atoms with Crippen LogP contribution in [0.5, 0.6) is 0 Å². The van der Waals surface area contributed by atoms with E-state index >= 15 is 0 Å². The average Bonchev–Trinajstić information content (AvgIpc) is 2.28. The van der Waals surface area contributed by atoms with Crippen molar-refractivity contribution in [3.8, 4) is 0 Å². The second-order valence-electron chi connectivity index (χ2n) is 4.75. The van der Waals surface area contributed by atoms with Gasteiger partial charge in [-0.25, -0.2) is 0 Å². The minimum Gasteiger partial charge on any atom is -0.393 e. The van der Waals surface area contributed by atoms with Gasteiger partial charge >= 0.3 is 0 Å². The Hall–Kier alpha value is -0.160. The molecule has 0 saturated carbocycles. The summed E-state index contributed by atoms with van der Waals surface area (Å²) in [4.78, 5) is 4.76. The largest absolute Gasteiger partial charge is 0.393 e. The molecule has 0 radical (unpaired) electrons. The Kier molecular flexibility index (Phi) is 6.96. The van der Waals surface area contributed by atoms with Crippen molar-refractivity contribution in [2.45, 2.75) is 25.9 Å². The zero-order chi connectivity index (χ0) is 11.8. The second kappa shape index (κ2) is 8.01. The van der Waals surface area contributed by atoms with Crippen molar-refractivity contribution in [3.05, 3.63) is 0 Å². The zero-order valence-corrected chi connectivity index (χ0v) is 10.7. The monoisotopic (exact) mass is 230 g/mol. The van der Waals surface area contributed by atoms with Crippen molar-refractivity contribution in [2.24, 2.45) is 0 Å². The maximum Gasteiger partial charge on any atom is 0.0594 e. The highest BCUT2D eigenvalue weighted by atomic mass is 16.5. The number of hydrogen-bond donors (Lipinski definition) is 1. The molecule has 96 valence electrons. The van der Waals surface area contributed by atoms with Gasteiger partial charge < -0.3 is 14.7 Å². The smallest absolute Gasteiger partial charge is 0.0594 e. The summed E-state index contributed by atoms with van der Waals surface area (Å²) in [5.74, 6) is 0. The zero-order valence-electron chi connectivity index (χ0n) is 10.7. The Balaban J connectivity index is 1.96. The van der Waals surface area contributed by atoms with Crippen LogP contribution in [0.3, 0.4) is 0 Å². The van der Waals surface area contributed by atoms with E-state index in [4.69, 9.17) is 4.74 Å². The van der Waals surface area contributed by atoms with Gasteiger partial charge in [0, 0.05) is 19.6 Å². The molecule has 0 spiro atoms. The third kappa shape index (κ3) is 6.43. The number of hydrogen-bond acceptors (Lipinski definition) is 4. The number of morpholine rings is 1. The summed E-state index contributed by atoms with van der Waals surface area (Å²) in [7, 11) is 2.13. The predicted octanol–water partition coefficient (Wildman–Crippen LogP) is 0.411. The molecule has 0 aromatic carbocycles. The normalized spacial score (nSPS) is 20.2. The van der Waals surface area contributed by atoms with Crippen LogP contribution in [0.4, 0.5) is 0 Å². The molecule has 0 bridgehead atoms. The van der Waals surface area contributed by atoms with E-state index in [0.29, 0.717) is 0 Å². The van der Waals surface area contributed by atoms with Gasteiger partial charge in [0.1, 0.15) is 0 Å². The summed E-state index contributed by atoms with van der Waals surface area (Å²) >= 11 is 0. The molecule has 1 aliphatic rings. The van der Waals surface area contributed by atoms with E-state index in [-0.39, 0.29) is 6.10 Å². The van der Waals surface area contributed by atoms with Crippen LogP contribution < -0.4 is 0 Å². The van der Waals surface area contributed by atoms with Crippen LogP contribution in [0.2, 0.25) is 0 Å². The molecule has 1 rings (SSSR count). The minimum absolute atomic E-state index is 0.179. The van der Waals surface area contributed by atoms with Crippen LogP contribution in [0.15, 0.2) is 0 Å². The van der Waals surface area contributed by atoms with Crippen LogP contribution in [-0.2, 0) is 4.74 Å². The van der Waals surface area contributed by atoms with Gasteiger partial charge in [-0.1, -0.05) is 0 Å². The SMILES string of the molecule is CC(O)CCN(C)CCCN1CCOCC1. The molecule has 1 saturated heterocycles. The Labute approximate surface area is 99.2 Å². The molecule has 1 atom stereocenters. The highest BCUT2D eigenvalue weighted by Gasteiger charge is 2.09. The number of aliphatic hydroxyl groups excluding tert-OH is 1. The minimum atomic E-state index is -0.179. The molecule has 16 heavy (non-hydrogen) atoms. The molecular formula is C12H26N2O2. The van der Waals surface area contributed by atoms with Crippen LogP contribution in [0.25, 0.3) is 0 Å². The van der Waals surface area contributed by atoms with Crippen LogP contribution in [0.1, 0.15) is 19.8 Å². The van der Waals surface area contributed by atoms with E-state index < -0.39 is 0 Å². The van der Waals surface area contributed by atoms with Gasteiger partial charge in [-0.05, 0) is 39.9 Å². The number of nitrogens with zero attached hydrogens (tertiary/aromatic N) is 2. The summed E-state index contributed by atoms with van der Waals surface area (Å²) in [5.41, 5.74) is 0. The molecular weight excluding hydrogens is 204 g/mol. The lowest BCUT2D eigenvalue weighted by atomic mass is 10.2. The molecule has 1 fully saturated rings. The second-order valence-corrected chi connectivity index (χ2v) is 4.75. The number of aliphatic hydroxyl groups is 1. The summed E-state index contributed by atoms with van der Waals surface area (Å²) < 4.78 is 5.31.